The van der Waals surface area contributed by atoms with Gasteiger partial charge < -0.3 is 11.1 Å². The first-order valence-electron chi connectivity index (χ1n) is 9.70. The summed E-state index contributed by atoms with van der Waals surface area (Å²) >= 11 is 1.59. The number of sulfone groups is 1. The van der Waals surface area contributed by atoms with Crippen molar-refractivity contribution < 1.29 is 26.2 Å². The van der Waals surface area contributed by atoms with E-state index in [1.807, 2.05) is 6.07 Å². The van der Waals surface area contributed by atoms with E-state index in [9.17, 15) is 21.6 Å². The summed E-state index contributed by atoms with van der Waals surface area (Å²) in [5.74, 6) is -0.00870. The van der Waals surface area contributed by atoms with Crippen LogP contribution in [0.2, 0.25) is 0 Å². The molecule has 9 nitrogen and oxygen atoms in total. The number of nitrogens with two attached hydrogens (primary N) is 1. The second kappa shape index (κ2) is 13.0. The predicted octanol–water partition coefficient (Wildman–Crippen LogP) is 1.46. The maximum Gasteiger partial charge on any atom is 0.261 e. The molecule has 0 spiro atoms. The van der Waals surface area contributed by atoms with Gasteiger partial charge >= 0.3 is 0 Å². The minimum absolute atomic E-state index is 0.0348. The lowest BCUT2D eigenvalue weighted by Gasteiger charge is -2.30. The van der Waals surface area contributed by atoms with Crippen LogP contribution in [0.15, 0.2) is 34.1 Å². The molecule has 1 fully saturated rings. The van der Waals surface area contributed by atoms with E-state index in [1.54, 1.807) is 36.0 Å². The predicted molar refractivity (Wildman–Crippen MR) is 120 cm³/mol. The Labute approximate surface area is 188 Å². The Morgan fingerprint density at radius 2 is 1.81 bits per heavy atom. The van der Waals surface area contributed by atoms with Crippen LogP contribution in [0.25, 0.3) is 0 Å². The summed E-state index contributed by atoms with van der Waals surface area (Å²) in [5.41, 5.74) is 5.48. The average molecular weight is 492 g/mol. The van der Waals surface area contributed by atoms with E-state index in [0.29, 0.717) is 25.6 Å². The van der Waals surface area contributed by atoms with Crippen LogP contribution in [0.3, 0.4) is 0 Å². The number of hydrogen-bond donors (Lipinski definition) is 3. The van der Waals surface area contributed by atoms with Crippen LogP contribution in [0.4, 0.5) is 0 Å². The van der Waals surface area contributed by atoms with Gasteiger partial charge in [0.05, 0.1) is 23.0 Å². The molecule has 0 unspecified atom stereocenters. The van der Waals surface area contributed by atoms with Crippen molar-refractivity contribution in [2.24, 2.45) is 17.6 Å². The summed E-state index contributed by atoms with van der Waals surface area (Å²) in [7, 11) is -7.13. The molecule has 1 aliphatic carbocycles. The number of rotatable bonds is 8. The summed E-state index contributed by atoms with van der Waals surface area (Å²) in [6, 6.07) is 8.73. The van der Waals surface area contributed by atoms with Crippen molar-refractivity contribution in [3.05, 3.63) is 24.3 Å². The molecule has 0 aromatic heterocycles. The number of nitriles is 1. The highest BCUT2D eigenvalue weighted by Crippen LogP contribution is 2.33. The molecule has 2 atom stereocenters. The normalized spacial score (nSPS) is 18.9. The van der Waals surface area contributed by atoms with E-state index in [2.05, 4.69) is 5.32 Å². The third-order valence-corrected chi connectivity index (χ3v) is 7.49. The van der Waals surface area contributed by atoms with Crippen molar-refractivity contribution in [1.29, 1.82) is 5.26 Å². The van der Waals surface area contributed by atoms with Gasteiger partial charge in [-0.15, -0.1) is 11.8 Å². The molecule has 1 aliphatic rings. The Morgan fingerprint density at radius 3 is 2.35 bits per heavy atom. The van der Waals surface area contributed by atoms with E-state index < -0.39 is 20.0 Å². The van der Waals surface area contributed by atoms with Crippen molar-refractivity contribution in [2.45, 2.75) is 35.5 Å². The highest BCUT2D eigenvalue weighted by Gasteiger charge is 2.34. The molecule has 0 heterocycles. The van der Waals surface area contributed by atoms with Crippen LogP contribution in [-0.4, -0.2) is 58.1 Å². The minimum atomic E-state index is -3.67. The fraction of sp³-hybridized carbons (Fsp3) is 0.579. The fourth-order valence-corrected chi connectivity index (χ4v) is 5.70. The zero-order chi connectivity index (χ0) is 23.5. The van der Waals surface area contributed by atoms with Crippen LogP contribution in [0.1, 0.15) is 25.7 Å². The fourth-order valence-electron chi connectivity index (χ4n) is 3.31. The number of amides is 1. The third-order valence-electron chi connectivity index (χ3n) is 4.59. The Hall–Kier alpha value is -1.65. The van der Waals surface area contributed by atoms with Crippen LogP contribution in [-0.2, 0) is 24.7 Å². The van der Waals surface area contributed by atoms with Crippen LogP contribution in [0, 0.1) is 23.2 Å². The van der Waals surface area contributed by atoms with Gasteiger partial charge in [0, 0.05) is 23.1 Å². The summed E-state index contributed by atoms with van der Waals surface area (Å²) in [4.78, 5) is 13.5. The van der Waals surface area contributed by atoms with E-state index in [4.69, 9.17) is 15.5 Å². The largest absolute Gasteiger partial charge is 0.343 e. The molecule has 1 aromatic carbocycles. The first-order chi connectivity index (χ1) is 14.5. The molecule has 4 N–H and O–H groups in total. The Morgan fingerprint density at radius 1 is 1.23 bits per heavy atom. The van der Waals surface area contributed by atoms with Crippen molar-refractivity contribution in [3.63, 3.8) is 0 Å². The number of benzene rings is 1. The lowest BCUT2D eigenvalue weighted by Crippen LogP contribution is -2.39. The number of nitrogens with one attached hydrogen (secondary N) is 1. The first-order valence-corrected chi connectivity index (χ1v) is 14.2. The molecule has 174 valence electrons. The van der Waals surface area contributed by atoms with Gasteiger partial charge in [-0.25, -0.2) is 8.42 Å². The lowest BCUT2D eigenvalue weighted by molar-refractivity contribution is -0.127. The van der Waals surface area contributed by atoms with E-state index in [-0.39, 0.29) is 34.9 Å². The van der Waals surface area contributed by atoms with Gasteiger partial charge in [0.1, 0.15) is 6.54 Å². The Balaban J connectivity index is 0.000000861. The quantitative estimate of drug-likeness (QED) is 0.277. The molecule has 1 saturated carbocycles. The number of nitrogens with zero attached hydrogens (tertiary/aromatic N) is 1. The summed E-state index contributed by atoms with van der Waals surface area (Å²) in [6.07, 6.45) is 3.94. The number of thioether (sulfide) groups is 1. The van der Waals surface area contributed by atoms with Gasteiger partial charge in [-0.05, 0) is 43.0 Å². The van der Waals surface area contributed by atoms with Crippen molar-refractivity contribution >= 4 is 37.6 Å². The van der Waals surface area contributed by atoms with Gasteiger partial charge in [-0.2, -0.15) is 13.7 Å². The second-order valence-corrected chi connectivity index (χ2v) is 11.8. The Bertz CT molecular complexity index is 949. The molecule has 0 radical (unpaired) electrons. The van der Waals surface area contributed by atoms with Gasteiger partial charge in [-0.3, -0.25) is 9.35 Å². The maximum absolute atomic E-state index is 12.8. The van der Waals surface area contributed by atoms with E-state index in [1.165, 1.54) is 0 Å². The number of carbonyl (C=O) groups excluding carboxylic acids is 1. The molecule has 1 amide bonds. The Kier molecular flexibility index (Phi) is 11.5. The van der Waals surface area contributed by atoms with Gasteiger partial charge in [0.2, 0.25) is 5.91 Å². The topological polar surface area (TPSA) is 167 Å². The van der Waals surface area contributed by atoms with Crippen LogP contribution >= 0.6 is 11.8 Å². The van der Waals surface area contributed by atoms with Crippen LogP contribution < -0.4 is 11.1 Å². The highest BCUT2D eigenvalue weighted by molar-refractivity contribution is 7.99. The number of hydrogen-bond acceptors (Lipinski definition) is 8. The van der Waals surface area contributed by atoms with Gasteiger partial charge in [0.15, 0.2) is 9.84 Å². The minimum Gasteiger partial charge on any atom is -0.343 e. The summed E-state index contributed by atoms with van der Waals surface area (Å²) in [5, 5.41) is 11.2. The average Bonchev–Trinajstić information content (AvgIpc) is 2.69. The zero-order valence-electron chi connectivity index (χ0n) is 17.4. The second-order valence-electron chi connectivity index (χ2n) is 7.15. The van der Waals surface area contributed by atoms with Crippen molar-refractivity contribution in [2.75, 3.05) is 30.9 Å². The first kappa shape index (κ1) is 27.4. The smallest absolute Gasteiger partial charge is 0.261 e. The molecule has 2 rings (SSSR count). The molecule has 0 saturated heterocycles. The number of carbonyl (C=O) groups is 1. The van der Waals surface area contributed by atoms with Crippen molar-refractivity contribution in [1.82, 2.24) is 5.32 Å². The van der Waals surface area contributed by atoms with Gasteiger partial charge in [-0.1, -0.05) is 12.8 Å². The zero-order valence-corrected chi connectivity index (χ0v) is 19.8. The van der Waals surface area contributed by atoms with Crippen molar-refractivity contribution in [3.8, 4) is 6.07 Å². The van der Waals surface area contributed by atoms with E-state index >= 15 is 0 Å². The van der Waals surface area contributed by atoms with Gasteiger partial charge in [0.25, 0.3) is 10.1 Å². The maximum atomic E-state index is 12.8. The lowest BCUT2D eigenvalue weighted by atomic mass is 9.80. The molecule has 12 heteroatoms. The molecule has 1 aromatic rings. The third kappa shape index (κ3) is 11.0. The molecular formula is C19H29N3O6S3. The standard InChI is InChI=1S/C18H25N3O3S2.CH4O3S/c19-9-11-21-18(22)17-4-2-1-3-14(17)13-26(23,24)16-7-5-15(6-8-16)25-12-10-20;1-5(2,3)4/h5-8,14,17H,1-4,10-13,20H2,(H,21,22);1H3,(H,2,3,4)/t14-,17+;/m0./s1. The van der Waals surface area contributed by atoms with Crippen LogP contribution in [0.5, 0.6) is 0 Å². The van der Waals surface area contributed by atoms with E-state index in [0.717, 1.165) is 23.5 Å². The molecule has 0 bridgehead atoms. The molecule has 0 aliphatic heterocycles. The summed E-state index contributed by atoms with van der Waals surface area (Å²) < 4.78 is 51.5. The molecule has 31 heavy (non-hydrogen) atoms. The highest BCUT2D eigenvalue weighted by atomic mass is 32.2. The SMILES string of the molecule is CS(=O)(=O)O.N#CCNC(=O)[C@@H]1CCCC[C@H]1CS(=O)(=O)c1ccc(SCCN)cc1. The monoisotopic (exact) mass is 491 g/mol. The molecular weight excluding hydrogens is 462 g/mol. The summed E-state index contributed by atoms with van der Waals surface area (Å²) in [6.45, 7) is 0.526.